The normalized spacial score (nSPS) is 14.0. The van der Waals surface area contributed by atoms with Crippen LogP contribution in [0.2, 0.25) is 0 Å². The molecule has 0 saturated heterocycles. The van der Waals surface area contributed by atoms with Crippen LogP contribution in [0.1, 0.15) is 104 Å². The molecule has 0 aliphatic heterocycles. The van der Waals surface area contributed by atoms with Crippen molar-refractivity contribution in [2.75, 3.05) is 0 Å². The minimum atomic E-state index is -0.967. The molecule has 3 aromatic rings. The highest BCUT2D eigenvalue weighted by Crippen LogP contribution is 2.26. The van der Waals surface area contributed by atoms with Gasteiger partial charge in [0.15, 0.2) is 0 Å². The van der Waals surface area contributed by atoms with Gasteiger partial charge < -0.3 is 5.11 Å². The second-order valence-corrected chi connectivity index (χ2v) is 10.4. The highest BCUT2D eigenvalue weighted by Gasteiger charge is 2.27. The first kappa shape index (κ1) is 27.6. The lowest BCUT2D eigenvalue weighted by Crippen LogP contribution is -2.35. The van der Waals surface area contributed by atoms with E-state index in [4.69, 9.17) is 0 Å². The Labute approximate surface area is 224 Å². The number of aromatic carboxylic acids is 1. The number of nitrogens with zero attached hydrogens (tertiary/aromatic N) is 3. The molecule has 202 valence electrons. The maximum Gasteiger partial charge on any atom is 0.353 e. The Hall–Kier alpha value is -3.48. The number of unbranched alkanes of at least 4 members (excludes halogenated alkanes) is 5. The number of aromatic nitrogens is 3. The fraction of sp³-hybridized carbons (Fsp3) is 0.484. The van der Waals surface area contributed by atoms with Crippen molar-refractivity contribution in [1.82, 2.24) is 14.3 Å². The fourth-order valence-electron chi connectivity index (χ4n) is 5.40. The van der Waals surface area contributed by atoms with Crippen LogP contribution >= 0.6 is 0 Å². The summed E-state index contributed by atoms with van der Waals surface area (Å²) in [7, 11) is 0. The van der Waals surface area contributed by atoms with Gasteiger partial charge in [-0.3, -0.25) is 9.36 Å². The topological polar surface area (TPSA) is 94.2 Å². The van der Waals surface area contributed by atoms with Crippen molar-refractivity contribution >= 4 is 11.9 Å². The van der Waals surface area contributed by atoms with E-state index in [1.54, 1.807) is 22.8 Å². The van der Waals surface area contributed by atoms with Gasteiger partial charge in [-0.1, -0.05) is 101 Å². The molecule has 4 rings (SSSR count). The number of aryl methyl sites for hydroxylation is 1. The maximum atomic E-state index is 13.4. The number of benzene rings is 2. The summed E-state index contributed by atoms with van der Waals surface area (Å²) < 4.78 is 2.77. The molecule has 1 aliphatic rings. The standard InChI is InChI=1S/C31H39N3O4/c1-2-3-4-5-6-10-17-28-32-34(29(35)25-13-8-7-9-14-25)31(38)33(28)22-23-18-20-24(21-19-23)26-15-11-12-16-27(26)30(36)37/h11-12,15-16,18-21,25H,2-10,13-14,17,22H2,1H3,(H,36,37). The van der Waals surface area contributed by atoms with Crippen molar-refractivity contribution in [3.8, 4) is 11.1 Å². The average molecular weight is 518 g/mol. The van der Waals surface area contributed by atoms with Gasteiger partial charge in [0.05, 0.1) is 12.1 Å². The number of hydrogen-bond acceptors (Lipinski definition) is 4. The van der Waals surface area contributed by atoms with Gasteiger partial charge in [0.25, 0.3) is 5.91 Å². The molecule has 0 spiro atoms. The van der Waals surface area contributed by atoms with Crippen LogP contribution in [0.4, 0.5) is 0 Å². The van der Waals surface area contributed by atoms with E-state index in [0.29, 0.717) is 24.4 Å². The van der Waals surface area contributed by atoms with Gasteiger partial charge in [-0.05, 0) is 42.0 Å². The molecule has 0 radical (unpaired) electrons. The summed E-state index contributed by atoms with van der Waals surface area (Å²) >= 11 is 0. The minimum absolute atomic E-state index is 0.125. The highest BCUT2D eigenvalue weighted by molar-refractivity contribution is 5.96. The molecule has 7 nitrogen and oxygen atoms in total. The minimum Gasteiger partial charge on any atom is -0.478 e. The highest BCUT2D eigenvalue weighted by atomic mass is 16.4. The largest absolute Gasteiger partial charge is 0.478 e. The summed E-state index contributed by atoms with van der Waals surface area (Å²) in [4.78, 5) is 38.3. The Morgan fingerprint density at radius 3 is 2.32 bits per heavy atom. The third kappa shape index (κ3) is 6.69. The molecule has 0 bridgehead atoms. The monoisotopic (exact) mass is 517 g/mol. The first-order chi connectivity index (χ1) is 18.5. The van der Waals surface area contributed by atoms with Crippen molar-refractivity contribution in [3.05, 3.63) is 76.0 Å². The van der Waals surface area contributed by atoms with Gasteiger partial charge in [0.1, 0.15) is 5.82 Å². The fourth-order valence-corrected chi connectivity index (χ4v) is 5.40. The zero-order valence-corrected chi connectivity index (χ0v) is 22.4. The van der Waals surface area contributed by atoms with Crippen LogP contribution < -0.4 is 5.69 Å². The quantitative estimate of drug-likeness (QED) is 0.274. The third-order valence-corrected chi connectivity index (χ3v) is 7.62. The van der Waals surface area contributed by atoms with Gasteiger partial charge in [0.2, 0.25) is 0 Å². The summed E-state index contributed by atoms with van der Waals surface area (Å²) in [6, 6.07) is 14.5. The molecule has 1 N–H and O–H groups in total. The lowest BCUT2D eigenvalue weighted by molar-refractivity contribution is 0.0696. The Morgan fingerprint density at radius 2 is 1.61 bits per heavy atom. The Kier molecular flexibility index (Phi) is 9.68. The molecule has 1 heterocycles. The molecule has 7 heteroatoms. The van der Waals surface area contributed by atoms with Crippen LogP contribution in [-0.2, 0) is 13.0 Å². The van der Waals surface area contributed by atoms with Crippen molar-refractivity contribution < 1.29 is 14.7 Å². The first-order valence-electron chi connectivity index (χ1n) is 14.1. The van der Waals surface area contributed by atoms with Crippen LogP contribution in [0.25, 0.3) is 11.1 Å². The molecule has 1 aliphatic carbocycles. The zero-order valence-electron chi connectivity index (χ0n) is 22.4. The summed E-state index contributed by atoms with van der Waals surface area (Å²) in [6.07, 6.45) is 12.3. The Bertz CT molecular complexity index is 1280. The lowest BCUT2D eigenvalue weighted by atomic mass is 9.89. The van der Waals surface area contributed by atoms with Crippen molar-refractivity contribution in [3.63, 3.8) is 0 Å². The van der Waals surface area contributed by atoms with Crippen LogP contribution in [0, 0.1) is 5.92 Å². The number of carbonyl (C=O) groups is 2. The molecule has 1 saturated carbocycles. The van der Waals surface area contributed by atoms with Gasteiger partial charge in [-0.25, -0.2) is 9.59 Å². The molecule has 0 unspecified atom stereocenters. The molecule has 0 atom stereocenters. The van der Waals surface area contributed by atoms with E-state index in [9.17, 15) is 19.5 Å². The number of rotatable bonds is 12. The van der Waals surface area contributed by atoms with Crippen molar-refractivity contribution in [2.24, 2.45) is 5.92 Å². The van der Waals surface area contributed by atoms with E-state index >= 15 is 0 Å². The summed E-state index contributed by atoms with van der Waals surface area (Å²) in [6.45, 7) is 2.52. The van der Waals surface area contributed by atoms with E-state index in [1.165, 1.54) is 25.7 Å². The average Bonchev–Trinajstić information content (AvgIpc) is 3.25. The van der Waals surface area contributed by atoms with E-state index in [1.807, 2.05) is 30.3 Å². The summed E-state index contributed by atoms with van der Waals surface area (Å²) in [5.74, 6) is -0.598. The van der Waals surface area contributed by atoms with Crippen LogP contribution in [-0.4, -0.2) is 31.3 Å². The van der Waals surface area contributed by atoms with E-state index < -0.39 is 5.97 Å². The molecular formula is C31H39N3O4. The van der Waals surface area contributed by atoms with Crippen molar-refractivity contribution in [1.29, 1.82) is 0 Å². The van der Waals surface area contributed by atoms with E-state index in [-0.39, 0.29) is 23.1 Å². The maximum absolute atomic E-state index is 13.4. The second-order valence-electron chi connectivity index (χ2n) is 10.4. The zero-order chi connectivity index (χ0) is 26.9. The lowest BCUT2D eigenvalue weighted by Gasteiger charge is -2.19. The predicted molar refractivity (Wildman–Crippen MR) is 149 cm³/mol. The molecular weight excluding hydrogens is 478 g/mol. The molecule has 2 aromatic carbocycles. The van der Waals surface area contributed by atoms with Crippen LogP contribution in [0.15, 0.2) is 53.3 Å². The van der Waals surface area contributed by atoms with Crippen LogP contribution in [0.5, 0.6) is 0 Å². The Morgan fingerprint density at radius 1 is 0.921 bits per heavy atom. The van der Waals surface area contributed by atoms with Gasteiger partial charge in [0, 0.05) is 12.3 Å². The Balaban J connectivity index is 1.56. The molecule has 38 heavy (non-hydrogen) atoms. The van der Waals surface area contributed by atoms with Gasteiger partial charge in [-0.15, -0.1) is 9.78 Å². The summed E-state index contributed by atoms with van der Waals surface area (Å²) in [5, 5.41) is 14.1. The SMILES string of the molecule is CCCCCCCCc1nn(C(=O)C2CCCCC2)c(=O)n1Cc1ccc(-c2ccccc2C(=O)O)cc1. The first-order valence-corrected chi connectivity index (χ1v) is 14.1. The molecule has 1 fully saturated rings. The molecule has 1 aromatic heterocycles. The second kappa shape index (κ2) is 13.4. The number of hydrogen-bond donors (Lipinski definition) is 1. The predicted octanol–water partition coefficient (Wildman–Crippen LogP) is 6.58. The van der Waals surface area contributed by atoms with Gasteiger partial charge >= 0.3 is 11.7 Å². The third-order valence-electron chi connectivity index (χ3n) is 7.62. The van der Waals surface area contributed by atoms with Gasteiger partial charge in [-0.2, -0.15) is 0 Å². The summed E-state index contributed by atoms with van der Waals surface area (Å²) in [5.41, 5.74) is 2.24. The van der Waals surface area contributed by atoms with E-state index in [2.05, 4.69) is 12.0 Å². The number of carboxylic acid groups (broad SMARTS) is 1. The number of carbonyl (C=O) groups excluding carboxylic acids is 1. The molecule has 0 amide bonds. The number of carboxylic acids is 1. The van der Waals surface area contributed by atoms with Crippen LogP contribution in [0.3, 0.4) is 0 Å². The smallest absolute Gasteiger partial charge is 0.353 e. The van der Waals surface area contributed by atoms with E-state index in [0.717, 1.165) is 60.8 Å². The van der Waals surface area contributed by atoms with Crippen molar-refractivity contribution in [2.45, 2.75) is 90.5 Å².